The molecule has 7 heteroatoms. The van der Waals surface area contributed by atoms with Gasteiger partial charge >= 0.3 is 0 Å². The molecule has 1 aromatic carbocycles. The first-order valence-electron chi connectivity index (χ1n) is 7.91. The fraction of sp³-hybridized carbons (Fsp3) is 0.588. The van der Waals surface area contributed by atoms with Crippen molar-refractivity contribution in [2.45, 2.75) is 19.4 Å². The highest BCUT2D eigenvalue weighted by atomic mass is 127. The van der Waals surface area contributed by atoms with Gasteiger partial charge in [-0.2, -0.15) is 0 Å². The first-order valence-corrected chi connectivity index (χ1v) is 7.91. The summed E-state index contributed by atoms with van der Waals surface area (Å²) in [5.41, 5.74) is 2.57. The van der Waals surface area contributed by atoms with Gasteiger partial charge in [0.05, 0.1) is 14.2 Å². The number of hydrogen-bond acceptors (Lipinski definition) is 4. The Morgan fingerprint density at radius 1 is 1.17 bits per heavy atom. The Bertz CT molecular complexity index is 552. The molecule has 1 heterocycles. The number of ether oxygens (including phenoxy) is 3. The van der Waals surface area contributed by atoms with Crippen molar-refractivity contribution in [2.75, 3.05) is 48.1 Å². The summed E-state index contributed by atoms with van der Waals surface area (Å²) >= 11 is 0. The maximum atomic E-state index is 5.41. The van der Waals surface area contributed by atoms with Crippen LogP contribution in [-0.4, -0.2) is 58.9 Å². The molecule has 0 saturated heterocycles. The Balaban J connectivity index is 0.00000288. The van der Waals surface area contributed by atoms with Crippen LogP contribution in [0.5, 0.6) is 11.5 Å². The quantitative estimate of drug-likeness (QED) is 0.313. The summed E-state index contributed by atoms with van der Waals surface area (Å²) < 4.78 is 15.9. The van der Waals surface area contributed by atoms with E-state index in [0.717, 1.165) is 56.5 Å². The van der Waals surface area contributed by atoms with Crippen molar-refractivity contribution in [3.05, 3.63) is 23.3 Å². The zero-order valence-corrected chi connectivity index (χ0v) is 17.3. The Kier molecular flexibility index (Phi) is 9.20. The number of fused-ring (bicyclic) bond motifs is 1. The molecule has 0 aliphatic carbocycles. The fourth-order valence-corrected chi connectivity index (χ4v) is 2.81. The van der Waals surface area contributed by atoms with Gasteiger partial charge in [-0.3, -0.25) is 4.99 Å². The van der Waals surface area contributed by atoms with Gasteiger partial charge in [0, 0.05) is 40.4 Å². The first kappa shape index (κ1) is 20.8. The van der Waals surface area contributed by atoms with Gasteiger partial charge in [-0.1, -0.05) is 0 Å². The largest absolute Gasteiger partial charge is 0.493 e. The van der Waals surface area contributed by atoms with E-state index in [-0.39, 0.29) is 24.0 Å². The molecule has 0 bridgehead atoms. The average molecular weight is 449 g/mol. The predicted molar refractivity (Wildman–Crippen MR) is 107 cm³/mol. The SMILES string of the molecule is CN=C(NCCCOC)N1CCc2cc(OC)c(OC)cc2C1.I. The lowest BCUT2D eigenvalue weighted by atomic mass is 9.99. The zero-order valence-electron chi connectivity index (χ0n) is 14.9. The third kappa shape index (κ3) is 5.14. The molecule has 0 radical (unpaired) electrons. The molecular weight excluding hydrogens is 421 g/mol. The van der Waals surface area contributed by atoms with E-state index in [4.69, 9.17) is 14.2 Å². The van der Waals surface area contributed by atoms with E-state index in [9.17, 15) is 0 Å². The minimum absolute atomic E-state index is 0. The van der Waals surface area contributed by atoms with Crippen molar-refractivity contribution in [2.24, 2.45) is 4.99 Å². The maximum absolute atomic E-state index is 5.41. The van der Waals surface area contributed by atoms with E-state index in [1.165, 1.54) is 11.1 Å². The van der Waals surface area contributed by atoms with Crippen LogP contribution in [0.3, 0.4) is 0 Å². The number of guanidine groups is 1. The van der Waals surface area contributed by atoms with Crippen LogP contribution in [0, 0.1) is 0 Å². The number of aliphatic imine (C=N–C) groups is 1. The van der Waals surface area contributed by atoms with Crippen LogP contribution in [0.1, 0.15) is 17.5 Å². The Labute approximate surface area is 161 Å². The Hall–Kier alpha value is -1.22. The standard InChI is InChI=1S/C17H27N3O3.HI/c1-18-17(19-7-5-9-21-2)20-8-6-13-10-15(22-3)16(23-4)11-14(13)12-20;/h10-11H,5-9,12H2,1-4H3,(H,18,19);1H. The lowest BCUT2D eigenvalue weighted by Crippen LogP contribution is -2.44. The van der Waals surface area contributed by atoms with Gasteiger partial charge in [0.15, 0.2) is 17.5 Å². The van der Waals surface area contributed by atoms with E-state index >= 15 is 0 Å². The second kappa shape index (κ2) is 10.6. The highest BCUT2D eigenvalue weighted by molar-refractivity contribution is 14.0. The van der Waals surface area contributed by atoms with Crippen molar-refractivity contribution < 1.29 is 14.2 Å². The molecule has 0 spiro atoms. The van der Waals surface area contributed by atoms with Crippen LogP contribution >= 0.6 is 24.0 Å². The lowest BCUT2D eigenvalue weighted by molar-refractivity contribution is 0.195. The lowest BCUT2D eigenvalue weighted by Gasteiger charge is -2.32. The topological polar surface area (TPSA) is 55.3 Å². The summed E-state index contributed by atoms with van der Waals surface area (Å²) in [5.74, 6) is 2.50. The molecule has 1 aliphatic rings. The van der Waals surface area contributed by atoms with Crippen LogP contribution in [0.4, 0.5) is 0 Å². The van der Waals surface area contributed by atoms with Crippen molar-refractivity contribution >= 4 is 29.9 Å². The maximum Gasteiger partial charge on any atom is 0.193 e. The molecule has 2 rings (SSSR count). The smallest absolute Gasteiger partial charge is 0.193 e. The van der Waals surface area contributed by atoms with Gasteiger partial charge < -0.3 is 24.4 Å². The second-order valence-corrected chi connectivity index (χ2v) is 5.47. The van der Waals surface area contributed by atoms with Crippen molar-refractivity contribution in [1.29, 1.82) is 0 Å². The Morgan fingerprint density at radius 3 is 2.42 bits per heavy atom. The van der Waals surface area contributed by atoms with Crippen LogP contribution < -0.4 is 14.8 Å². The number of hydrogen-bond donors (Lipinski definition) is 1. The molecular formula is C17H28IN3O3. The molecule has 0 fully saturated rings. The molecule has 0 saturated carbocycles. The molecule has 1 aromatic rings. The molecule has 0 atom stereocenters. The molecule has 0 aromatic heterocycles. The molecule has 1 N–H and O–H groups in total. The van der Waals surface area contributed by atoms with E-state index < -0.39 is 0 Å². The van der Waals surface area contributed by atoms with Crippen molar-refractivity contribution in [3.8, 4) is 11.5 Å². The predicted octanol–water partition coefficient (Wildman–Crippen LogP) is 2.29. The second-order valence-electron chi connectivity index (χ2n) is 5.47. The van der Waals surface area contributed by atoms with Gasteiger partial charge in [0.2, 0.25) is 0 Å². The summed E-state index contributed by atoms with van der Waals surface area (Å²) in [7, 11) is 6.88. The Morgan fingerprint density at radius 2 is 1.83 bits per heavy atom. The number of benzene rings is 1. The number of methoxy groups -OCH3 is 3. The third-order valence-corrected chi connectivity index (χ3v) is 4.04. The molecule has 24 heavy (non-hydrogen) atoms. The van der Waals surface area contributed by atoms with Gasteiger partial charge in [0.25, 0.3) is 0 Å². The summed E-state index contributed by atoms with van der Waals surface area (Å²) in [6.45, 7) is 3.37. The molecule has 0 unspecified atom stereocenters. The van der Waals surface area contributed by atoms with Crippen LogP contribution in [0.25, 0.3) is 0 Å². The first-order chi connectivity index (χ1) is 11.2. The number of halogens is 1. The summed E-state index contributed by atoms with van der Waals surface area (Å²) in [6.07, 6.45) is 1.93. The van der Waals surface area contributed by atoms with E-state index in [0.29, 0.717) is 0 Å². The van der Waals surface area contributed by atoms with Crippen molar-refractivity contribution in [3.63, 3.8) is 0 Å². The summed E-state index contributed by atoms with van der Waals surface area (Å²) in [5, 5.41) is 3.40. The normalized spacial score (nSPS) is 13.8. The minimum atomic E-state index is 0. The van der Waals surface area contributed by atoms with Gasteiger partial charge in [0.1, 0.15) is 0 Å². The van der Waals surface area contributed by atoms with Gasteiger partial charge in [-0.25, -0.2) is 0 Å². The van der Waals surface area contributed by atoms with Crippen molar-refractivity contribution in [1.82, 2.24) is 10.2 Å². The van der Waals surface area contributed by atoms with E-state index in [2.05, 4.69) is 27.3 Å². The van der Waals surface area contributed by atoms with E-state index in [1.54, 1.807) is 21.3 Å². The molecule has 6 nitrogen and oxygen atoms in total. The van der Waals surface area contributed by atoms with Gasteiger partial charge in [-0.05, 0) is 36.1 Å². The number of nitrogens with zero attached hydrogens (tertiary/aromatic N) is 2. The summed E-state index contributed by atoms with van der Waals surface area (Å²) in [4.78, 5) is 6.66. The number of nitrogens with one attached hydrogen (secondary N) is 1. The fourth-order valence-electron chi connectivity index (χ4n) is 2.81. The summed E-state index contributed by atoms with van der Waals surface area (Å²) in [6, 6.07) is 4.15. The molecule has 0 amide bonds. The highest BCUT2D eigenvalue weighted by Crippen LogP contribution is 2.33. The highest BCUT2D eigenvalue weighted by Gasteiger charge is 2.21. The average Bonchev–Trinajstić information content (AvgIpc) is 2.60. The minimum Gasteiger partial charge on any atom is -0.493 e. The zero-order chi connectivity index (χ0) is 16.7. The molecule has 136 valence electrons. The monoisotopic (exact) mass is 449 g/mol. The third-order valence-electron chi connectivity index (χ3n) is 4.04. The van der Waals surface area contributed by atoms with Gasteiger partial charge in [-0.15, -0.1) is 24.0 Å². The van der Waals surface area contributed by atoms with E-state index in [1.807, 2.05) is 7.05 Å². The number of rotatable bonds is 6. The van der Waals surface area contributed by atoms with Crippen LogP contribution in [-0.2, 0) is 17.7 Å². The molecule has 1 aliphatic heterocycles. The van der Waals surface area contributed by atoms with Crippen LogP contribution in [0.15, 0.2) is 17.1 Å². The van der Waals surface area contributed by atoms with Crippen LogP contribution in [0.2, 0.25) is 0 Å².